The largest absolute Gasteiger partial charge is 0.393 e. The number of amides is 8. The van der Waals surface area contributed by atoms with E-state index >= 15 is 0 Å². The van der Waals surface area contributed by atoms with Gasteiger partial charge in [-0.2, -0.15) is 10.5 Å². The maximum Gasteiger partial charge on any atom is 0.259 e. The summed E-state index contributed by atoms with van der Waals surface area (Å²) in [7, 11) is -2.25. The minimum absolute atomic E-state index is 0.0258. The highest BCUT2D eigenvalue weighted by Gasteiger charge is 2.40. The van der Waals surface area contributed by atoms with Gasteiger partial charge in [0.15, 0.2) is 8.45 Å². The number of nitrogens with one attached hydrogen (secondary N) is 8. The Morgan fingerprint density at radius 1 is 0.417 bits per heavy atom. The van der Waals surface area contributed by atoms with Crippen molar-refractivity contribution in [2.45, 2.75) is 284 Å². The smallest absolute Gasteiger partial charge is 0.259 e. The predicted molar refractivity (Wildman–Crippen MR) is 406 cm³/mol. The Balaban J connectivity index is 0.00000165. The Kier molecular flexibility index (Phi) is 51.3. The summed E-state index contributed by atoms with van der Waals surface area (Å²) in [5, 5.41) is 49.5. The monoisotopic (exact) mass is 1470 g/mol. The minimum atomic E-state index is -1.41. The molecule has 1 unspecified atom stereocenters. The number of terminal acetylenes is 6. The third-order valence-corrected chi connectivity index (χ3v) is 22.3. The number of carbonyl (C=O) groups excluding carboxylic acids is 8. The first-order valence-electron chi connectivity index (χ1n) is 36.0. The molecule has 572 valence electrons. The molecule has 0 heterocycles. The number of hydrogen-bond acceptors (Lipinski definition) is 17. The van der Waals surface area contributed by atoms with Crippen molar-refractivity contribution in [3.63, 3.8) is 0 Å². The van der Waals surface area contributed by atoms with E-state index in [2.05, 4.69) is 187 Å². The summed E-state index contributed by atoms with van der Waals surface area (Å²) in [5.41, 5.74) is -2.04. The molecular weight excluding hydrogens is 1350 g/mol. The summed E-state index contributed by atoms with van der Waals surface area (Å²) < 4.78 is 25.8. The summed E-state index contributed by atoms with van der Waals surface area (Å²) in [6.45, 7) is 27.2. The van der Waals surface area contributed by atoms with Crippen molar-refractivity contribution in [2.24, 2.45) is 11.8 Å². The molecule has 2 rings (SSSR count). The molecule has 2 saturated carbocycles. The van der Waals surface area contributed by atoms with Crippen molar-refractivity contribution in [1.29, 1.82) is 10.5 Å². The zero-order valence-electron chi connectivity index (χ0n) is 63.5. The molecule has 25 nitrogen and oxygen atoms in total. The van der Waals surface area contributed by atoms with Gasteiger partial charge >= 0.3 is 0 Å². The lowest BCUT2D eigenvalue weighted by atomic mass is 9.81. The molecule has 0 aromatic carbocycles. The zero-order chi connectivity index (χ0) is 77.9. The van der Waals surface area contributed by atoms with Gasteiger partial charge in [-0.25, -0.2) is 14.0 Å². The summed E-state index contributed by atoms with van der Waals surface area (Å²) >= 11 is 0. The van der Waals surface area contributed by atoms with Crippen molar-refractivity contribution < 1.29 is 57.0 Å². The number of aliphatic hydroxyl groups excluding tert-OH is 1. The van der Waals surface area contributed by atoms with Crippen molar-refractivity contribution in [2.75, 3.05) is 52.5 Å². The molecule has 0 spiro atoms. The summed E-state index contributed by atoms with van der Waals surface area (Å²) in [6.07, 6.45) is 37.5. The van der Waals surface area contributed by atoms with Gasteiger partial charge in [-0.15, -0.1) is 38.5 Å². The first kappa shape index (κ1) is 95.7. The second-order valence-electron chi connectivity index (χ2n) is 27.2. The lowest BCUT2D eigenvalue weighted by molar-refractivity contribution is -0.131. The van der Waals surface area contributed by atoms with Crippen LogP contribution in [0.5, 0.6) is 0 Å². The Bertz CT molecular complexity index is 2720. The van der Waals surface area contributed by atoms with Crippen LogP contribution in [0.2, 0.25) is 0 Å². The topological polar surface area (TPSA) is 338 Å². The molecule has 0 aromatic heterocycles. The maximum atomic E-state index is 13.9. The highest BCUT2D eigenvalue weighted by Crippen LogP contribution is 2.51. The molecule has 1 atom stereocenters. The zero-order valence-corrected chi connectivity index (χ0v) is 65.3. The molecular formula is C76H121N13O12P2. The average Bonchev–Trinajstić information content (AvgIpc) is 0.840. The fraction of sp³-hybridized carbons (Fsp3) is 0.711. The van der Waals surface area contributed by atoms with Crippen LogP contribution in [-0.2, 0) is 51.9 Å². The van der Waals surface area contributed by atoms with Crippen LogP contribution in [-0.4, -0.2) is 178 Å². The Morgan fingerprint density at radius 3 is 0.913 bits per heavy atom. The Hall–Kier alpha value is -7.32. The molecule has 9 N–H and O–H groups in total. The highest BCUT2D eigenvalue weighted by molar-refractivity contribution is 7.47. The second kappa shape index (κ2) is 55.2. The Labute approximate surface area is 619 Å². The van der Waals surface area contributed by atoms with Gasteiger partial charge in [0.25, 0.3) is 8.53 Å². The molecule has 0 bridgehead atoms. The molecule has 103 heavy (non-hydrogen) atoms. The van der Waals surface area contributed by atoms with Gasteiger partial charge in [0.1, 0.15) is 0 Å². The molecule has 27 heteroatoms. The van der Waals surface area contributed by atoms with E-state index in [0.29, 0.717) is 88.6 Å². The van der Waals surface area contributed by atoms with Gasteiger partial charge in [0.2, 0.25) is 47.3 Å². The fourth-order valence-corrected chi connectivity index (χ4v) is 16.1. The molecule has 8 amide bonds. The van der Waals surface area contributed by atoms with E-state index in [-0.39, 0.29) is 207 Å². The minimum Gasteiger partial charge on any atom is -0.393 e. The Morgan fingerprint density at radius 2 is 0.670 bits per heavy atom. The van der Waals surface area contributed by atoms with Crippen molar-refractivity contribution >= 4 is 64.2 Å². The van der Waals surface area contributed by atoms with Crippen LogP contribution in [0.4, 0.5) is 0 Å². The van der Waals surface area contributed by atoms with Gasteiger partial charge in [-0.05, 0) is 173 Å². The van der Waals surface area contributed by atoms with E-state index in [1.54, 1.807) is 0 Å². The highest BCUT2D eigenvalue weighted by atomic mass is 31.2. The van der Waals surface area contributed by atoms with Gasteiger partial charge in [0, 0.05) is 97.7 Å². The van der Waals surface area contributed by atoms with Crippen LogP contribution in [0.1, 0.15) is 224 Å². The fourth-order valence-electron chi connectivity index (χ4n) is 12.0. The number of hydrogen-bond donors (Lipinski definition) is 9. The van der Waals surface area contributed by atoms with E-state index in [4.69, 9.17) is 62.6 Å². The third-order valence-electron chi connectivity index (χ3n) is 17.0. The van der Waals surface area contributed by atoms with E-state index in [1.165, 1.54) is 0 Å². The molecule has 0 saturated heterocycles. The van der Waals surface area contributed by atoms with Gasteiger partial charge in [-0.1, -0.05) is 35.5 Å². The average molecular weight is 1470 g/mol. The maximum absolute atomic E-state index is 13.9. The summed E-state index contributed by atoms with van der Waals surface area (Å²) in [4.78, 5) is 102. The normalized spacial score (nSPS) is 16.0. The van der Waals surface area contributed by atoms with Crippen molar-refractivity contribution in [3.05, 3.63) is 0 Å². The quantitative estimate of drug-likeness (QED) is 0.0161. The van der Waals surface area contributed by atoms with E-state index in [0.717, 1.165) is 0 Å². The molecule has 0 radical (unpaired) electrons. The number of nitrogens with zero attached hydrogens (tertiary/aromatic N) is 5. The molecule has 0 aromatic rings. The van der Waals surface area contributed by atoms with E-state index in [1.807, 2.05) is 0 Å². The van der Waals surface area contributed by atoms with E-state index < -0.39 is 34.2 Å². The van der Waals surface area contributed by atoms with Crippen LogP contribution < -0.4 is 42.5 Å². The summed E-state index contributed by atoms with van der Waals surface area (Å²) in [6, 6.07) is 6.30. The molecule has 0 aliphatic heterocycles. The van der Waals surface area contributed by atoms with Crippen LogP contribution in [0.3, 0.4) is 0 Å². The van der Waals surface area contributed by atoms with Gasteiger partial charge in [0.05, 0.1) is 89.7 Å². The van der Waals surface area contributed by atoms with Crippen molar-refractivity contribution in [1.82, 2.24) is 56.5 Å². The third kappa shape index (κ3) is 41.1. The number of nitriles is 2. The van der Waals surface area contributed by atoms with Crippen LogP contribution in [0, 0.1) is 109 Å². The lowest BCUT2D eigenvalue weighted by Gasteiger charge is -2.45. The lowest BCUT2D eigenvalue weighted by Crippen LogP contribution is -2.52. The number of aliphatic hydroxyl groups is 1. The number of rotatable bonds is 45. The summed E-state index contributed by atoms with van der Waals surface area (Å²) in [5.74, 6) is 11.3. The predicted octanol–water partition coefficient (Wildman–Crippen LogP) is 7.64. The van der Waals surface area contributed by atoms with Crippen LogP contribution in [0.15, 0.2) is 0 Å². The molecule has 2 aliphatic rings. The SMILES string of the molecule is C#CCNC(=O)CCC(CCC(=O)NCC#C)(CCC(=O)NCC#C)NC(=O)C1CCC(O)CC1.C#CCNC(=O)CCC(CCC(=O)NCC#C)(CCC(=O)NCC#C)NC(=O)C1CCC(OP(OCCC#N)N(C(C)C)C(C)C)CC1.CC(C)N(C(C)C)P(OCCC#N)N(C(C)C)C(C)C. The number of carbonyl (C=O) groups is 8. The van der Waals surface area contributed by atoms with Crippen LogP contribution >= 0.6 is 17.0 Å². The standard InChI is InChI=1S/C35H53N6O6P.C26H36N4O5.C15H32N3OP/c1-8-23-37-31(42)16-19-35(20-17-32(43)38-24-9-2,21-18-33(44)39-25-10-3)40-34(45)29-12-14-30(15-13-29)47-48(46-26-11-22-36)41(27(4)5)28(6)7;1-4-17-27-22(32)11-14-26(15-12-23(33)28-18-5-2,16-13-24(34)29-19-6-3)30-25(35)20-7-9-21(31)10-8-20;1-12(2)17(13(3)4)20(19-11-9-10-16)18(14(5)6)15(7)8/h1-3,27-30H,11-21,23-26H2,4-7H3,(H,37,42)(H,38,43)(H,39,44)(H,40,45);1-3,20-21,31H,7-19H2,(H,27,32)(H,28,33)(H,29,34)(H,30,35);12-15H,9,11H2,1-8H3. The molecule has 2 aliphatic carbocycles. The first-order chi connectivity index (χ1) is 48.9. The van der Waals surface area contributed by atoms with Crippen molar-refractivity contribution in [3.8, 4) is 86.2 Å². The van der Waals surface area contributed by atoms with Crippen LogP contribution in [0.25, 0.3) is 0 Å². The first-order valence-corrected chi connectivity index (χ1v) is 38.3. The second-order valence-corrected chi connectivity index (χ2v) is 30.3. The molecule has 2 fully saturated rings. The van der Waals surface area contributed by atoms with Gasteiger partial charge in [-0.3, -0.25) is 38.4 Å². The van der Waals surface area contributed by atoms with E-state index in [9.17, 15) is 43.5 Å². The van der Waals surface area contributed by atoms with Gasteiger partial charge < -0.3 is 61.2 Å².